The van der Waals surface area contributed by atoms with Gasteiger partial charge in [-0.2, -0.15) is 0 Å². The van der Waals surface area contributed by atoms with Crippen molar-refractivity contribution in [3.8, 4) is 5.75 Å². The monoisotopic (exact) mass is 489 g/mol. The number of carbonyl (C=O) groups excluding carboxylic acids is 1. The number of hydrogen-bond donors (Lipinski definition) is 1. The second kappa shape index (κ2) is 10.1. The number of hydrogen-bond acceptors (Lipinski definition) is 7. The van der Waals surface area contributed by atoms with Crippen LogP contribution in [0.25, 0.3) is 10.8 Å². The molecule has 0 bridgehead atoms. The highest BCUT2D eigenvalue weighted by atomic mass is 19.4. The first kappa shape index (κ1) is 24.2. The van der Waals surface area contributed by atoms with Gasteiger partial charge in [-0.05, 0) is 18.2 Å². The van der Waals surface area contributed by atoms with E-state index >= 15 is 0 Å². The van der Waals surface area contributed by atoms with Crippen LogP contribution in [-0.4, -0.2) is 59.8 Å². The van der Waals surface area contributed by atoms with Crippen molar-refractivity contribution in [2.45, 2.75) is 12.9 Å². The number of para-hydroxylation sites is 1. The van der Waals surface area contributed by atoms with Crippen LogP contribution in [0.4, 0.5) is 24.5 Å². The predicted octanol–water partition coefficient (Wildman–Crippen LogP) is 3.48. The molecule has 1 aliphatic heterocycles. The molecule has 1 aliphatic rings. The molecule has 0 unspecified atom stereocenters. The molecule has 35 heavy (non-hydrogen) atoms. The summed E-state index contributed by atoms with van der Waals surface area (Å²) in [6, 6.07) is 10.6. The van der Waals surface area contributed by atoms with Crippen molar-refractivity contribution in [2.24, 2.45) is 0 Å². The Morgan fingerprint density at radius 3 is 2.54 bits per heavy atom. The van der Waals surface area contributed by atoms with Crippen LogP contribution >= 0.6 is 0 Å². The fraction of sp³-hybridized carbons (Fsp3) is 0.304. The lowest BCUT2D eigenvalue weighted by atomic mass is 10.1. The number of rotatable bonds is 7. The van der Waals surface area contributed by atoms with E-state index in [0.29, 0.717) is 31.6 Å². The maximum Gasteiger partial charge on any atom is 0.573 e. The molecule has 0 atom stereocenters. The number of benzene rings is 2. The van der Waals surface area contributed by atoms with Gasteiger partial charge in [0.15, 0.2) is 0 Å². The summed E-state index contributed by atoms with van der Waals surface area (Å²) in [5.74, 6) is -0.661. The van der Waals surface area contributed by atoms with Crippen LogP contribution in [0.2, 0.25) is 0 Å². The molecule has 1 aromatic heterocycles. The van der Waals surface area contributed by atoms with Crippen molar-refractivity contribution in [3.05, 3.63) is 70.5 Å². The van der Waals surface area contributed by atoms with Crippen molar-refractivity contribution < 1.29 is 27.6 Å². The van der Waals surface area contributed by atoms with Crippen LogP contribution in [0.15, 0.2) is 54.9 Å². The smallest absolute Gasteiger partial charge is 0.405 e. The van der Waals surface area contributed by atoms with Gasteiger partial charge in [0.25, 0.3) is 5.69 Å². The molecule has 2 heterocycles. The number of nitro benzene ring substituents is 1. The van der Waals surface area contributed by atoms with E-state index in [2.05, 4.69) is 19.9 Å². The maximum atomic E-state index is 12.6. The van der Waals surface area contributed by atoms with Gasteiger partial charge in [0.2, 0.25) is 5.91 Å². The highest BCUT2D eigenvalue weighted by Crippen LogP contribution is 2.33. The van der Waals surface area contributed by atoms with E-state index in [1.54, 1.807) is 24.4 Å². The number of amides is 1. The molecule has 1 fully saturated rings. The van der Waals surface area contributed by atoms with E-state index in [1.165, 1.54) is 30.5 Å². The van der Waals surface area contributed by atoms with Crippen molar-refractivity contribution in [1.29, 1.82) is 0 Å². The number of alkyl halides is 3. The fourth-order valence-corrected chi connectivity index (χ4v) is 4.07. The van der Waals surface area contributed by atoms with Gasteiger partial charge in [-0.15, -0.1) is 13.2 Å². The molecule has 3 aromatic rings. The van der Waals surface area contributed by atoms with E-state index in [1.807, 2.05) is 4.90 Å². The third kappa shape index (κ3) is 5.96. The van der Waals surface area contributed by atoms with Gasteiger partial charge < -0.3 is 15.0 Å². The number of halogens is 3. The molecule has 12 heteroatoms. The van der Waals surface area contributed by atoms with E-state index < -0.39 is 11.3 Å². The zero-order valence-electron chi connectivity index (χ0n) is 18.5. The molecular formula is C23H22F3N5O4. The van der Waals surface area contributed by atoms with Crippen LogP contribution in [-0.2, 0) is 11.3 Å². The van der Waals surface area contributed by atoms with Crippen LogP contribution < -0.4 is 15.0 Å². The molecule has 1 amide bonds. The zero-order valence-corrected chi connectivity index (χ0v) is 18.5. The molecule has 0 saturated carbocycles. The quantitative estimate of drug-likeness (QED) is 0.401. The number of nitrogens with zero attached hydrogens (tertiary/aromatic N) is 4. The largest absolute Gasteiger partial charge is 0.573 e. The van der Waals surface area contributed by atoms with Gasteiger partial charge in [-0.3, -0.25) is 24.8 Å². The van der Waals surface area contributed by atoms with Crippen molar-refractivity contribution in [1.82, 2.24) is 15.2 Å². The minimum Gasteiger partial charge on any atom is -0.405 e. The number of nitrogens with one attached hydrogen (secondary N) is 1. The summed E-state index contributed by atoms with van der Waals surface area (Å²) in [4.78, 5) is 31.4. The number of nitro groups is 1. The summed E-state index contributed by atoms with van der Waals surface area (Å²) in [7, 11) is 0. The Labute approximate surface area is 198 Å². The average molecular weight is 489 g/mol. The molecule has 0 spiro atoms. The summed E-state index contributed by atoms with van der Waals surface area (Å²) >= 11 is 0. The van der Waals surface area contributed by atoms with Crippen molar-refractivity contribution in [3.63, 3.8) is 0 Å². The number of non-ortho nitro benzene ring substituents is 1. The predicted molar refractivity (Wildman–Crippen MR) is 122 cm³/mol. The van der Waals surface area contributed by atoms with E-state index in [4.69, 9.17) is 0 Å². The molecule has 4 rings (SSSR count). The number of piperazine rings is 1. The number of aromatic nitrogens is 1. The molecule has 184 valence electrons. The third-order valence-corrected chi connectivity index (χ3v) is 5.72. The minimum atomic E-state index is -4.81. The first-order valence-corrected chi connectivity index (χ1v) is 10.8. The second-order valence-corrected chi connectivity index (χ2v) is 7.98. The summed E-state index contributed by atoms with van der Waals surface area (Å²) in [5.41, 5.74) is 1.08. The first-order valence-electron chi connectivity index (χ1n) is 10.8. The Morgan fingerprint density at radius 1 is 1.09 bits per heavy atom. The lowest BCUT2D eigenvalue weighted by Crippen LogP contribution is -2.49. The van der Waals surface area contributed by atoms with Crippen LogP contribution in [0, 0.1) is 10.1 Å². The summed E-state index contributed by atoms with van der Waals surface area (Å²) in [6.45, 7) is 2.36. The Kier molecular flexibility index (Phi) is 7.01. The third-order valence-electron chi connectivity index (χ3n) is 5.72. The number of pyridine rings is 1. The summed E-state index contributed by atoms with van der Waals surface area (Å²) in [5, 5.41) is 15.2. The topological polar surface area (TPSA) is 101 Å². The number of ether oxygens (including phenoxy) is 1. The number of anilines is 1. The minimum absolute atomic E-state index is 0.00522. The van der Waals surface area contributed by atoms with E-state index in [-0.39, 0.29) is 36.0 Å². The van der Waals surface area contributed by atoms with Crippen LogP contribution in [0.1, 0.15) is 5.56 Å². The van der Waals surface area contributed by atoms with Gasteiger partial charge in [0, 0.05) is 67.8 Å². The fourth-order valence-electron chi connectivity index (χ4n) is 4.07. The first-order chi connectivity index (χ1) is 16.7. The van der Waals surface area contributed by atoms with Gasteiger partial charge in [0.05, 0.1) is 16.9 Å². The average Bonchev–Trinajstić information content (AvgIpc) is 2.82. The van der Waals surface area contributed by atoms with Crippen molar-refractivity contribution in [2.75, 3.05) is 37.6 Å². The van der Waals surface area contributed by atoms with Gasteiger partial charge in [-0.25, -0.2) is 0 Å². The Hall–Kier alpha value is -3.93. The van der Waals surface area contributed by atoms with E-state index in [9.17, 15) is 28.1 Å². The maximum absolute atomic E-state index is 12.6. The SMILES string of the molecule is O=C(CN1CCN(c2ccc([N+](=O)[O-])c3cnccc23)CC1)NCc1ccccc1OC(F)(F)F. The molecule has 0 radical (unpaired) electrons. The van der Waals surface area contributed by atoms with Crippen LogP contribution in [0.5, 0.6) is 5.75 Å². The Bertz CT molecular complexity index is 1230. The number of carbonyl (C=O) groups is 1. The molecule has 1 saturated heterocycles. The molecule has 1 N–H and O–H groups in total. The normalized spacial score (nSPS) is 14.7. The second-order valence-electron chi connectivity index (χ2n) is 7.98. The molecular weight excluding hydrogens is 467 g/mol. The molecule has 0 aliphatic carbocycles. The summed E-state index contributed by atoms with van der Waals surface area (Å²) in [6.07, 6.45) is -1.74. The molecule has 2 aromatic carbocycles. The van der Waals surface area contributed by atoms with Gasteiger partial charge in [0.1, 0.15) is 5.75 Å². The Morgan fingerprint density at radius 2 is 1.83 bits per heavy atom. The standard InChI is InChI=1S/C23H22F3N5O4/c24-23(25,26)35-21-4-2-1-3-16(21)13-28-22(32)15-29-9-11-30(12-10-29)19-5-6-20(31(33)34)18-14-27-8-7-17(18)19/h1-8,14H,9-13,15H2,(H,28,32). The summed E-state index contributed by atoms with van der Waals surface area (Å²) < 4.78 is 41.7. The lowest BCUT2D eigenvalue weighted by molar-refractivity contribution is -0.383. The van der Waals surface area contributed by atoms with Crippen molar-refractivity contribution >= 4 is 28.1 Å². The van der Waals surface area contributed by atoms with Gasteiger partial charge >= 0.3 is 6.36 Å². The zero-order chi connectivity index (χ0) is 25.0. The molecule has 9 nitrogen and oxygen atoms in total. The van der Waals surface area contributed by atoms with E-state index in [0.717, 1.165) is 11.1 Å². The number of fused-ring (bicyclic) bond motifs is 1. The highest BCUT2D eigenvalue weighted by molar-refractivity contribution is 5.99. The Balaban J connectivity index is 1.33. The van der Waals surface area contributed by atoms with Gasteiger partial charge in [-0.1, -0.05) is 18.2 Å². The highest BCUT2D eigenvalue weighted by Gasteiger charge is 2.32. The lowest BCUT2D eigenvalue weighted by Gasteiger charge is -2.36. The van der Waals surface area contributed by atoms with Crippen LogP contribution in [0.3, 0.4) is 0 Å².